The highest BCUT2D eigenvalue weighted by molar-refractivity contribution is 7.90. The highest BCUT2D eigenvalue weighted by atomic mass is 32.2. The van der Waals surface area contributed by atoms with E-state index >= 15 is 0 Å². The quantitative estimate of drug-likeness (QED) is 0.203. The highest BCUT2D eigenvalue weighted by Crippen LogP contribution is 2.38. The van der Waals surface area contributed by atoms with Crippen molar-refractivity contribution in [3.8, 4) is 22.6 Å². The molecule has 0 bridgehead atoms. The van der Waals surface area contributed by atoms with Crippen molar-refractivity contribution in [2.24, 2.45) is 0 Å². The van der Waals surface area contributed by atoms with Gasteiger partial charge >= 0.3 is 6.18 Å². The zero-order valence-corrected chi connectivity index (χ0v) is 27.6. The molecule has 5 aromatic rings. The number of nitrogens with one attached hydrogen (secondary N) is 1. The van der Waals surface area contributed by atoms with Gasteiger partial charge < -0.3 is 20.1 Å². The molecule has 1 aromatic heterocycles. The van der Waals surface area contributed by atoms with Crippen molar-refractivity contribution >= 4 is 27.3 Å². The third-order valence-corrected chi connectivity index (χ3v) is 9.53. The van der Waals surface area contributed by atoms with Gasteiger partial charge in [-0.15, -0.1) is 0 Å². The molecule has 10 nitrogen and oxygen atoms in total. The van der Waals surface area contributed by atoms with Gasteiger partial charge in [-0.3, -0.25) is 9.59 Å². The Kier molecular flexibility index (Phi) is 9.25. The minimum Gasteiger partial charge on any atom is -0.497 e. The fourth-order valence-corrected chi connectivity index (χ4v) is 6.86. The molecule has 0 fully saturated rings. The summed E-state index contributed by atoms with van der Waals surface area (Å²) in [4.78, 5) is 29.1. The summed E-state index contributed by atoms with van der Waals surface area (Å²) in [7, 11) is -2.18. The van der Waals surface area contributed by atoms with Crippen molar-refractivity contribution in [3.05, 3.63) is 125 Å². The summed E-state index contributed by atoms with van der Waals surface area (Å²) in [5, 5.41) is 17.1. The normalized spacial score (nSPS) is 13.9. The maximum absolute atomic E-state index is 14.4. The molecule has 1 aliphatic heterocycles. The van der Waals surface area contributed by atoms with Gasteiger partial charge in [0.25, 0.3) is 11.8 Å². The minimum absolute atomic E-state index is 0.0901. The number of sulfone groups is 1. The fraction of sp³-hybridized carbons (Fsp3) is 0.194. The van der Waals surface area contributed by atoms with E-state index in [1.54, 1.807) is 72.8 Å². The zero-order chi connectivity index (χ0) is 35.8. The summed E-state index contributed by atoms with van der Waals surface area (Å²) in [5.74, 6) is -1.29. The van der Waals surface area contributed by atoms with Crippen LogP contribution in [0, 0.1) is 0 Å². The number of carbonyl (C=O) groups excluding carboxylic acids is 2. The number of hydrogen-bond donors (Lipinski definition) is 2. The molecule has 2 amide bonds. The number of aliphatic hydroxyl groups is 1. The number of methoxy groups -OCH3 is 1. The number of carbonyl (C=O) groups is 2. The van der Waals surface area contributed by atoms with E-state index in [1.165, 1.54) is 36.3 Å². The number of aliphatic hydroxyl groups excluding tert-OH is 1. The van der Waals surface area contributed by atoms with Gasteiger partial charge in [0.2, 0.25) is 0 Å². The summed E-state index contributed by atoms with van der Waals surface area (Å²) in [6.45, 7) is -0.297. The van der Waals surface area contributed by atoms with E-state index in [4.69, 9.17) is 4.74 Å². The average Bonchev–Trinajstić information content (AvgIpc) is 3.52. The first kappa shape index (κ1) is 34.4. The summed E-state index contributed by atoms with van der Waals surface area (Å²) in [6, 6.07) is 25.6. The smallest absolute Gasteiger partial charge is 0.435 e. The lowest BCUT2D eigenvalue weighted by molar-refractivity contribution is -0.141. The molecule has 6 rings (SSSR count). The predicted octanol–water partition coefficient (Wildman–Crippen LogP) is 5.64. The second-order valence-corrected chi connectivity index (χ2v) is 13.6. The molecular weight excluding hydrogens is 673 g/mol. The van der Waals surface area contributed by atoms with Gasteiger partial charge in [-0.1, -0.05) is 60.7 Å². The Morgan fingerprint density at radius 1 is 1.00 bits per heavy atom. The molecule has 0 spiro atoms. The molecule has 0 aliphatic carbocycles. The first-order chi connectivity index (χ1) is 23.8. The molecule has 1 unspecified atom stereocenters. The van der Waals surface area contributed by atoms with Gasteiger partial charge in [-0.05, 0) is 53.9 Å². The lowest BCUT2D eigenvalue weighted by Crippen LogP contribution is -2.39. The van der Waals surface area contributed by atoms with Crippen molar-refractivity contribution in [1.82, 2.24) is 15.1 Å². The number of ether oxygens (including phenoxy) is 1. The van der Waals surface area contributed by atoms with Crippen molar-refractivity contribution in [2.75, 3.05) is 31.4 Å². The number of rotatable bonds is 9. The van der Waals surface area contributed by atoms with Gasteiger partial charge in [-0.25, -0.2) is 13.1 Å². The Morgan fingerprint density at radius 3 is 2.34 bits per heavy atom. The minimum atomic E-state index is -4.90. The summed E-state index contributed by atoms with van der Waals surface area (Å²) >= 11 is 0. The van der Waals surface area contributed by atoms with Gasteiger partial charge in [0.05, 0.1) is 29.4 Å². The van der Waals surface area contributed by atoms with Crippen LogP contribution in [0.3, 0.4) is 0 Å². The number of hydrogen-bond acceptors (Lipinski definition) is 7. The van der Waals surface area contributed by atoms with Crippen molar-refractivity contribution in [1.29, 1.82) is 0 Å². The van der Waals surface area contributed by atoms with Crippen molar-refractivity contribution in [3.63, 3.8) is 0 Å². The van der Waals surface area contributed by atoms with Crippen LogP contribution in [0.5, 0.6) is 5.75 Å². The molecule has 50 heavy (non-hydrogen) atoms. The number of nitrogens with zero attached hydrogens (tertiary/aromatic N) is 3. The Hall–Kier alpha value is -5.47. The average molecular weight is 705 g/mol. The van der Waals surface area contributed by atoms with Gasteiger partial charge in [0.15, 0.2) is 15.5 Å². The van der Waals surface area contributed by atoms with Gasteiger partial charge in [0.1, 0.15) is 11.4 Å². The van der Waals surface area contributed by atoms with E-state index in [0.717, 1.165) is 10.9 Å². The summed E-state index contributed by atoms with van der Waals surface area (Å²) in [5.41, 5.74) is -0.209. The number of amides is 2. The van der Waals surface area contributed by atoms with Crippen LogP contribution in [0.25, 0.3) is 16.8 Å². The van der Waals surface area contributed by atoms with Crippen LogP contribution in [0.2, 0.25) is 0 Å². The fourth-order valence-electron chi connectivity index (χ4n) is 5.94. The number of benzene rings is 4. The van der Waals surface area contributed by atoms with E-state index < -0.39 is 39.6 Å². The first-order valence-corrected chi connectivity index (χ1v) is 17.3. The highest BCUT2D eigenvalue weighted by Gasteiger charge is 2.44. The van der Waals surface area contributed by atoms with Crippen molar-refractivity contribution < 1.29 is 41.0 Å². The number of aromatic nitrogens is 2. The number of fused-ring (bicyclic) bond motifs is 1. The lowest BCUT2D eigenvalue weighted by Gasteiger charge is -2.28. The molecule has 0 saturated heterocycles. The van der Waals surface area contributed by atoms with E-state index in [1.807, 2.05) is 0 Å². The lowest BCUT2D eigenvalue weighted by atomic mass is 10.0. The summed E-state index contributed by atoms with van der Waals surface area (Å²) < 4.78 is 73.9. The second kappa shape index (κ2) is 13.4. The number of alkyl halides is 3. The molecule has 258 valence electrons. The van der Waals surface area contributed by atoms with Crippen LogP contribution in [-0.4, -0.2) is 61.6 Å². The molecule has 0 saturated carbocycles. The molecule has 0 radical (unpaired) electrons. The van der Waals surface area contributed by atoms with E-state index in [0.29, 0.717) is 22.4 Å². The Bertz CT molecular complexity index is 2190. The molecule has 2 heterocycles. The Balaban J connectivity index is 1.38. The topological polar surface area (TPSA) is 131 Å². The van der Waals surface area contributed by atoms with Gasteiger partial charge in [-0.2, -0.15) is 18.3 Å². The Morgan fingerprint density at radius 2 is 1.68 bits per heavy atom. The first-order valence-electron chi connectivity index (χ1n) is 15.4. The van der Waals surface area contributed by atoms with E-state index in [-0.39, 0.29) is 52.7 Å². The van der Waals surface area contributed by atoms with Crippen LogP contribution in [0.1, 0.15) is 43.8 Å². The number of halogens is 3. The molecular formula is C36H31F3N4O6S. The summed E-state index contributed by atoms with van der Waals surface area (Å²) in [6.07, 6.45) is -5.05. The molecule has 1 aliphatic rings. The second-order valence-electron chi connectivity index (χ2n) is 11.6. The zero-order valence-electron chi connectivity index (χ0n) is 26.8. The van der Waals surface area contributed by atoms with Crippen LogP contribution in [0.15, 0.2) is 102 Å². The third-order valence-electron chi connectivity index (χ3n) is 8.38. The van der Waals surface area contributed by atoms with E-state index in [9.17, 15) is 36.3 Å². The predicted molar refractivity (Wildman–Crippen MR) is 179 cm³/mol. The molecule has 2 N–H and O–H groups in total. The molecule has 14 heteroatoms. The Labute approximate surface area is 285 Å². The van der Waals surface area contributed by atoms with Crippen LogP contribution in [-0.2, 0) is 22.4 Å². The van der Waals surface area contributed by atoms with E-state index in [2.05, 4.69) is 10.4 Å². The van der Waals surface area contributed by atoms with Crippen LogP contribution >= 0.6 is 0 Å². The third kappa shape index (κ3) is 6.71. The van der Waals surface area contributed by atoms with Crippen molar-refractivity contribution in [2.45, 2.75) is 23.6 Å². The van der Waals surface area contributed by atoms with Crippen LogP contribution in [0.4, 0.5) is 18.9 Å². The standard InChI is InChI=1S/C36H31F3N4O6S/c1-49-25-16-17-29(28(20-25)34(45)40-21-30(44)23-8-4-3-5-9-23)43-32-27(33(41-43)36(37,38)39)18-19-42(35(32)46)24-14-12-22(13-15-24)26-10-6-7-11-31(26)50(2,47)48/h3-17,20,30,44H,18-19,21H2,1-2H3,(H,40,45). The maximum atomic E-state index is 14.4. The largest absolute Gasteiger partial charge is 0.497 e. The number of anilines is 1. The SMILES string of the molecule is COc1ccc(-n2nc(C(F)(F)F)c3c2C(=O)N(c2ccc(-c4ccccc4S(C)(=O)=O)cc2)CC3)c(C(=O)NCC(O)c2ccccc2)c1. The maximum Gasteiger partial charge on any atom is 0.435 e. The molecule has 1 atom stereocenters. The molecule has 4 aromatic carbocycles. The van der Waals surface area contributed by atoms with Crippen LogP contribution < -0.4 is 15.0 Å². The van der Waals surface area contributed by atoms with Gasteiger partial charge in [0, 0.05) is 36.2 Å². The monoisotopic (exact) mass is 704 g/mol.